The molecule has 0 aliphatic rings. The molecular weight excluding hydrogens is 551 g/mol. The Morgan fingerprint density at radius 1 is 0.700 bits per heavy atom. The van der Waals surface area contributed by atoms with E-state index in [4.69, 9.17) is 9.97 Å². The third kappa shape index (κ3) is 4.24. The molecule has 4 heterocycles. The quantitative estimate of drug-likeness (QED) is 0.318. The maximum Gasteiger partial charge on any atom is 2.00 e. The third-order valence-corrected chi connectivity index (χ3v) is 5.16. The summed E-state index contributed by atoms with van der Waals surface area (Å²) in [6.07, 6.45) is 3.50. The van der Waals surface area contributed by atoms with E-state index in [2.05, 4.69) is 35.9 Å². The zero-order chi connectivity index (χ0) is 20.4. The van der Waals surface area contributed by atoms with Crippen LogP contribution in [0, 0.1) is 26.0 Å². The molecule has 152 valence electrons. The predicted molar refractivity (Wildman–Crippen MR) is 114 cm³/mol. The van der Waals surface area contributed by atoms with Gasteiger partial charge in [-0.05, 0) is 48.8 Å². The van der Waals surface area contributed by atoms with Crippen molar-refractivity contribution in [3.8, 4) is 22.5 Å². The fourth-order valence-corrected chi connectivity index (χ4v) is 3.37. The molecule has 0 saturated heterocycles. The Kier molecular flexibility index (Phi) is 6.57. The largest absolute Gasteiger partial charge is 2.00 e. The Hall–Kier alpha value is -2.71. The molecule has 0 fully saturated rings. The second kappa shape index (κ2) is 8.97. The van der Waals surface area contributed by atoms with Crippen molar-refractivity contribution in [2.24, 2.45) is 0 Å². The number of hydrogen-bond donors (Lipinski definition) is 0. The van der Waals surface area contributed by atoms with Crippen molar-refractivity contribution in [1.82, 2.24) is 19.9 Å². The number of nitrogens with zero attached hydrogens (tertiary/aromatic N) is 4. The third-order valence-electron chi connectivity index (χ3n) is 5.16. The molecular formula is C25H22N4Pt. The van der Waals surface area contributed by atoms with Crippen LogP contribution in [0.5, 0.6) is 0 Å². The summed E-state index contributed by atoms with van der Waals surface area (Å²) in [5, 5.41) is 0. The van der Waals surface area contributed by atoms with Crippen LogP contribution in [0.15, 0.2) is 60.9 Å². The summed E-state index contributed by atoms with van der Waals surface area (Å²) < 4.78 is 0. The van der Waals surface area contributed by atoms with Gasteiger partial charge in [-0.1, -0.05) is 50.5 Å². The molecule has 4 aromatic rings. The van der Waals surface area contributed by atoms with Gasteiger partial charge in [-0.15, -0.1) is 35.4 Å². The van der Waals surface area contributed by atoms with Crippen LogP contribution in [-0.4, -0.2) is 19.9 Å². The standard InChI is InChI=1S/C25H22N4.Pt/c1-17-19(9-7-15-26-17)21-11-5-13-23(28-21)25(3,4)24-14-6-12-22(29-24)20-10-8-16-27-18(20)2;/h5-8,11-16H,1-4H3;/q-2;+2. The molecule has 0 spiro atoms. The van der Waals surface area contributed by atoms with E-state index >= 15 is 0 Å². The Morgan fingerprint density at radius 2 is 1.13 bits per heavy atom. The van der Waals surface area contributed by atoms with Gasteiger partial charge in [0.25, 0.3) is 0 Å². The van der Waals surface area contributed by atoms with Crippen LogP contribution in [0.2, 0.25) is 0 Å². The molecule has 0 radical (unpaired) electrons. The first-order valence-corrected chi connectivity index (χ1v) is 9.59. The summed E-state index contributed by atoms with van der Waals surface area (Å²) in [6, 6.07) is 22.3. The Morgan fingerprint density at radius 3 is 1.53 bits per heavy atom. The topological polar surface area (TPSA) is 51.6 Å². The summed E-state index contributed by atoms with van der Waals surface area (Å²) >= 11 is 0. The van der Waals surface area contributed by atoms with Gasteiger partial charge in [0.1, 0.15) is 0 Å². The second-order valence-electron chi connectivity index (χ2n) is 7.54. The van der Waals surface area contributed by atoms with E-state index in [1.165, 1.54) is 0 Å². The minimum atomic E-state index is -0.377. The molecule has 4 nitrogen and oxygen atoms in total. The van der Waals surface area contributed by atoms with E-state index in [1.54, 1.807) is 12.4 Å². The molecule has 0 atom stereocenters. The van der Waals surface area contributed by atoms with Gasteiger partial charge in [0, 0.05) is 16.8 Å². The van der Waals surface area contributed by atoms with Gasteiger partial charge < -0.3 is 19.9 Å². The van der Waals surface area contributed by atoms with Crippen LogP contribution in [0.1, 0.15) is 36.6 Å². The molecule has 0 aromatic carbocycles. The summed E-state index contributed by atoms with van der Waals surface area (Å²) in [5.74, 6) is 0. The summed E-state index contributed by atoms with van der Waals surface area (Å²) in [4.78, 5) is 18.6. The van der Waals surface area contributed by atoms with Gasteiger partial charge in [-0.3, -0.25) is 0 Å². The van der Waals surface area contributed by atoms with Crippen molar-refractivity contribution in [1.29, 1.82) is 0 Å². The minimum Gasteiger partial charge on any atom is -0.357 e. The SMILES string of the molecule is Cc1ncc[c-]c1-c1cccc(C(C)(C)c2cccc(-c3[c-]ccnc3C)n2)n1.[Pt+2]. The zero-order valence-corrected chi connectivity index (χ0v) is 19.7. The monoisotopic (exact) mass is 573 g/mol. The first-order valence-electron chi connectivity index (χ1n) is 9.59. The van der Waals surface area contributed by atoms with Crippen LogP contribution in [0.3, 0.4) is 0 Å². The van der Waals surface area contributed by atoms with E-state index in [-0.39, 0.29) is 26.5 Å². The minimum absolute atomic E-state index is 0. The molecule has 30 heavy (non-hydrogen) atoms. The van der Waals surface area contributed by atoms with Crippen molar-refractivity contribution in [2.75, 3.05) is 0 Å². The first kappa shape index (κ1) is 22.0. The van der Waals surface area contributed by atoms with Gasteiger partial charge in [-0.2, -0.15) is 0 Å². The van der Waals surface area contributed by atoms with Gasteiger partial charge in [0.2, 0.25) is 0 Å². The molecule has 0 aliphatic heterocycles. The fraction of sp³-hybridized carbons (Fsp3) is 0.200. The number of pyridine rings is 4. The predicted octanol–water partition coefficient (Wildman–Crippen LogP) is 5.14. The van der Waals surface area contributed by atoms with Crippen LogP contribution in [-0.2, 0) is 26.5 Å². The van der Waals surface area contributed by atoms with E-state index in [0.717, 1.165) is 45.3 Å². The van der Waals surface area contributed by atoms with Crippen molar-refractivity contribution in [2.45, 2.75) is 33.1 Å². The maximum absolute atomic E-state index is 4.94. The molecule has 0 amide bonds. The summed E-state index contributed by atoms with van der Waals surface area (Å²) in [6.45, 7) is 8.24. The van der Waals surface area contributed by atoms with Crippen molar-refractivity contribution < 1.29 is 21.1 Å². The zero-order valence-electron chi connectivity index (χ0n) is 17.4. The Bertz CT molecular complexity index is 1080. The molecule has 5 heteroatoms. The maximum atomic E-state index is 4.94. The molecule has 4 rings (SSSR count). The van der Waals surface area contributed by atoms with Crippen molar-refractivity contribution in [3.05, 3.63) is 95.8 Å². The van der Waals surface area contributed by atoms with E-state index < -0.39 is 0 Å². The smallest absolute Gasteiger partial charge is 0.357 e. The van der Waals surface area contributed by atoms with Crippen LogP contribution < -0.4 is 0 Å². The van der Waals surface area contributed by atoms with Gasteiger partial charge >= 0.3 is 21.1 Å². The molecule has 4 aromatic heterocycles. The number of rotatable bonds is 4. The molecule has 0 bridgehead atoms. The van der Waals surface area contributed by atoms with Crippen molar-refractivity contribution >= 4 is 0 Å². The van der Waals surface area contributed by atoms with Gasteiger partial charge in [0.15, 0.2) is 0 Å². The van der Waals surface area contributed by atoms with Crippen LogP contribution >= 0.6 is 0 Å². The molecule has 0 unspecified atom stereocenters. The normalized spacial score (nSPS) is 11.1. The number of aromatic nitrogens is 4. The summed E-state index contributed by atoms with van der Waals surface area (Å²) in [5.41, 5.74) is 6.93. The molecule has 0 aliphatic carbocycles. The summed E-state index contributed by atoms with van der Waals surface area (Å²) in [7, 11) is 0. The first-order chi connectivity index (χ1) is 14.0. The van der Waals surface area contributed by atoms with E-state index in [0.29, 0.717) is 0 Å². The van der Waals surface area contributed by atoms with Crippen LogP contribution in [0.4, 0.5) is 0 Å². The van der Waals surface area contributed by atoms with Gasteiger partial charge in [-0.25, -0.2) is 0 Å². The molecule has 0 saturated carbocycles. The van der Waals surface area contributed by atoms with Gasteiger partial charge in [0.05, 0.1) is 0 Å². The van der Waals surface area contributed by atoms with Crippen LogP contribution in [0.25, 0.3) is 22.5 Å². The number of hydrogen-bond acceptors (Lipinski definition) is 4. The molecule has 0 N–H and O–H groups in total. The van der Waals surface area contributed by atoms with Crippen molar-refractivity contribution in [3.63, 3.8) is 0 Å². The van der Waals surface area contributed by atoms with E-state index in [9.17, 15) is 0 Å². The Labute approximate surface area is 192 Å². The fourth-order valence-electron chi connectivity index (χ4n) is 3.37. The number of aryl methyl sites for hydroxylation is 2. The average Bonchev–Trinajstić information content (AvgIpc) is 2.74. The second-order valence-corrected chi connectivity index (χ2v) is 7.54. The average molecular weight is 574 g/mol. The Balaban J connectivity index is 0.00000256. The van der Waals surface area contributed by atoms with E-state index in [1.807, 2.05) is 62.4 Å².